The molecule has 4 rings (SSSR count). The number of carbonyl (C=O) groups excluding carboxylic acids is 2. The van der Waals surface area contributed by atoms with Gasteiger partial charge in [-0.25, -0.2) is 4.79 Å². The van der Waals surface area contributed by atoms with Gasteiger partial charge in [0.25, 0.3) is 5.91 Å². The van der Waals surface area contributed by atoms with Gasteiger partial charge in [0, 0.05) is 25.5 Å². The minimum atomic E-state index is -0.342. The Balaban J connectivity index is 1.45. The van der Waals surface area contributed by atoms with Crippen LogP contribution in [-0.2, 0) is 18.4 Å². The summed E-state index contributed by atoms with van der Waals surface area (Å²) in [6.07, 6.45) is -0.342. The summed E-state index contributed by atoms with van der Waals surface area (Å²) >= 11 is 0. The van der Waals surface area contributed by atoms with Gasteiger partial charge in [-0.05, 0) is 23.8 Å². The van der Waals surface area contributed by atoms with Gasteiger partial charge in [-0.1, -0.05) is 30.3 Å². The van der Waals surface area contributed by atoms with E-state index in [1.165, 1.54) is 0 Å². The third kappa shape index (κ3) is 4.16. The van der Waals surface area contributed by atoms with E-state index in [1.54, 1.807) is 16.6 Å². The second kappa shape index (κ2) is 8.22. The first kappa shape index (κ1) is 18.8. The highest BCUT2D eigenvalue weighted by atomic mass is 16.6. The lowest BCUT2D eigenvalue weighted by Gasteiger charge is -2.13. The molecule has 2 aromatic carbocycles. The van der Waals surface area contributed by atoms with Gasteiger partial charge in [0.2, 0.25) is 0 Å². The molecule has 1 saturated heterocycles. The van der Waals surface area contributed by atoms with Crippen LogP contribution in [-0.4, -0.2) is 52.9 Å². The number of benzene rings is 2. The van der Waals surface area contributed by atoms with Crippen LogP contribution in [0.2, 0.25) is 0 Å². The zero-order valence-corrected chi connectivity index (χ0v) is 16.1. The molecule has 1 N–H and O–H groups in total. The van der Waals surface area contributed by atoms with Gasteiger partial charge in [-0.3, -0.25) is 9.48 Å². The average Bonchev–Trinajstić information content (AvgIpc) is 3.28. The Morgan fingerprint density at radius 1 is 1.24 bits per heavy atom. The Morgan fingerprint density at radius 2 is 2.07 bits per heavy atom. The maximum Gasteiger partial charge on any atom is 0.409 e. The summed E-state index contributed by atoms with van der Waals surface area (Å²) in [5, 5.41) is 7.98. The fourth-order valence-corrected chi connectivity index (χ4v) is 3.29. The molecule has 0 radical (unpaired) electrons. The third-order valence-electron chi connectivity index (χ3n) is 4.78. The molecule has 2 amide bonds. The van der Waals surface area contributed by atoms with Crippen LogP contribution in [0.3, 0.4) is 0 Å². The first-order valence-electron chi connectivity index (χ1n) is 9.45. The Morgan fingerprint density at radius 3 is 2.83 bits per heavy atom. The van der Waals surface area contributed by atoms with Gasteiger partial charge in [0.05, 0.1) is 12.1 Å². The normalized spacial score (nSPS) is 13.6. The molecule has 2 heterocycles. The van der Waals surface area contributed by atoms with Crippen LogP contribution in [0, 0.1) is 0 Å². The SMILES string of the molecule is Cn1nc2ccc(OCc3ccccc3)cc2c1C(=O)NCCN1CCOC1=O. The van der Waals surface area contributed by atoms with Crippen LogP contribution in [0.4, 0.5) is 4.79 Å². The van der Waals surface area contributed by atoms with Gasteiger partial charge >= 0.3 is 6.09 Å². The lowest BCUT2D eigenvalue weighted by molar-refractivity contribution is 0.0941. The fraction of sp³-hybridized carbons (Fsp3) is 0.286. The zero-order chi connectivity index (χ0) is 20.2. The molecule has 8 nitrogen and oxygen atoms in total. The van der Waals surface area contributed by atoms with Crippen molar-refractivity contribution in [2.24, 2.45) is 7.05 Å². The highest BCUT2D eigenvalue weighted by Crippen LogP contribution is 2.24. The molecule has 0 atom stereocenters. The van der Waals surface area contributed by atoms with Gasteiger partial charge < -0.3 is 19.7 Å². The summed E-state index contributed by atoms with van der Waals surface area (Å²) in [7, 11) is 1.73. The number of aryl methyl sites for hydroxylation is 1. The van der Waals surface area contributed by atoms with Gasteiger partial charge in [0.15, 0.2) is 0 Å². The number of ether oxygens (including phenoxy) is 2. The van der Waals surface area contributed by atoms with E-state index in [0.717, 1.165) is 10.9 Å². The maximum atomic E-state index is 12.7. The lowest BCUT2D eigenvalue weighted by Crippen LogP contribution is -2.36. The molecule has 3 aromatic rings. The van der Waals surface area contributed by atoms with Crippen LogP contribution in [0.1, 0.15) is 16.1 Å². The Kier molecular flexibility index (Phi) is 5.33. The number of carbonyl (C=O) groups is 2. The monoisotopic (exact) mass is 394 g/mol. The number of hydrogen-bond acceptors (Lipinski definition) is 5. The van der Waals surface area contributed by atoms with E-state index in [1.807, 2.05) is 48.5 Å². The Bertz CT molecular complexity index is 1030. The number of amides is 2. The summed E-state index contributed by atoms with van der Waals surface area (Å²) in [5.74, 6) is 0.422. The van der Waals surface area contributed by atoms with Crippen molar-refractivity contribution < 1.29 is 19.1 Å². The highest BCUT2D eigenvalue weighted by molar-refractivity contribution is 6.05. The van der Waals surface area contributed by atoms with Crippen molar-refractivity contribution in [2.75, 3.05) is 26.2 Å². The largest absolute Gasteiger partial charge is 0.489 e. The molecule has 1 aromatic heterocycles. The molecule has 29 heavy (non-hydrogen) atoms. The topological polar surface area (TPSA) is 85.7 Å². The minimum Gasteiger partial charge on any atom is -0.489 e. The second-order valence-corrected chi connectivity index (χ2v) is 6.78. The highest BCUT2D eigenvalue weighted by Gasteiger charge is 2.22. The molecule has 0 bridgehead atoms. The molecular formula is C21H22N4O4. The fourth-order valence-electron chi connectivity index (χ4n) is 3.29. The number of rotatable bonds is 7. The smallest absolute Gasteiger partial charge is 0.409 e. The van der Waals surface area contributed by atoms with Crippen molar-refractivity contribution in [3.63, 3.8) is 0 Å². The Labute approximate surface area is 168 Å². The number of nitrogens with zero attached hydrogens (tertiary/aromatic N) is 3. The van der Waals surface area contributed by atoms with Gasteiger partial charge in [-0.15, -0.1) is 0 Å². The van der Waals surface area contributed by atoms with Gasteiger partial charge in [-0.2, -0.15) is 5.10 Å². The molecule has 1 aliphatic rings. The van der Waals surface area contributed by atoms with E-state index in [4.69, 9.17) is 9.47 Å². The lowest BCUT2D eigenvalue weighted by atomic mass is 10.2. The predicted molar refractivity (Wildman–Crippen MR) is 107 cm³/mol. The van der Waals surface area contributed by atoms with Gasteiger partial charge in [0.1, 0.15) is 24.7 Å². The maximum absolute atomic E-state index is 12.7. The number of fused-ring (bicyclic) bond motifs is 1. The molecule has 1 fully saturated rings. The first-order valence-corrected chi connectivity index (χ1v) is 9.45. The van der Waals surface area contributed by atoms with E-state index in [0.29, 0.717) is 49.8 Å². The van der Waals surface area contributed by atoms with Crippen LogP contribution in [0.15, 0.2) is 48.5 Å². The molecular weight excluding hydrogens is 372 g/mol. The van der Waals surface area contributed by atoms with E-state index >= 15 is 0 Å². The van der Waals surface area contributed by atoms with Crippen molar-refractivity contribution in [3.05, 3.63) is 59.8 Å². The van der Waals surface area contributed by atoms with Crippen LogP contribution in [0.25, 0.3) is 10.9 Å². The second-order valence-electron chi connectivity index (χ2n) is 6.78. The standard InChI is InChI=1S/C21H22N4O4/c1-24-19(20(26)22-9-10-25-11-12-28-21(25)27)17-13-16(7-8-18(17)23-24)29-14-15-5-3-2-4-6-15/h2-8,13H,9-12,14H2,1H3,(H,22,26). The van der Waals surface area contributed by atoms with Crippen molar-refractivity contribution >= 4 is 22.9 Å². The molecule has 0 spiro atoms. The predicted octanol–water partition coefficient (Wildman–Crippen LogP) is 2.33. The minimum absolute atomic E-state index is 0.247. The summed E-state index contributed by atoms with van der Waals surface area (Å²) in [6, 6.07) is 15.4. The molecule has 0 unspecified atom stereocenters. The average molecular weight is 394 g/mol. The molecule has 1 aliphatic heterocycles. The summed E-state index contributed by atoms with van der Waals surface area (Å²) in [4.78, 5) is 25.8. The Hall–Kier alpha value is -3.55. The van der Waals surface area contributed by atoms with Crippen LogP contribution >= 0.6 is 0 Å². The zero-order valence-electron chi connectivity index (χ0n) is 16.1. The van der Waals surface area contributed by atoms with Crippen molar-refractivity contribution in [1.29, 1.82) is 0 Å². The number of hydrogen-bond donors (Lipinski definition) is 1. The van der Waals surface area contributed by atoms with Crippen molar-refractivity contribution in [3.8, 4) is 5.75 Å². The van der Waals surface area contributed by atoms with Crippen LogP contribution in [0.5, 0.6) is 5.75 Å². The first-order chi connectivity index (χ1) is 14.1. The molecule has 0 saturated carbocycles. The number of nitrogens with one attached hydrogen (secondary N) is 1. The molecule has 150 valence electrons. The number of aromatic nitrogens is 2. The van der Waals surface area contributed by atoms with Crippen molar-refractivity contribution in [2.45, 2.75) is 6.61 Å². The van der Waals surface area contributed by atoms with E-state index < -0.39 is 0 Å². The quantitative estimate of drug-likeness (QED) is 0.665. The van der Waals surface area contributed by atoms with Crippen molar-refractivity contribution in [1.82, 2.24) is 20.0 Å². The van der Waals surface area contributed by atoms with Crippen LogP contribution < -0.4 is 10.1 Å². The molecule has 0 aliphatic carbocycles. The number of cyclic esters (lactones) is 1. The van der Waals surface area contributed by atoms with E-state index in [-0.39, 0.29) is 12.0 Å². The summed E-state index contributed by atoms with van der Waals surface area (Å²) in [6.45, 7) is 2.13. The summed E-state index contributed by atoms with van der Waals surface area (Å²) in [5.41, 5.74) is 2.24. The molecule has 8 heteroatoms. The van der Waals surface area contributed by atoms with E-state index in [9.17, 15) is 9.59 Å². The third-order valence-corrected chi connectivity index (χ3v) is 4.78. The van der Waals surface area contributed by atoms with E-state index in [2.05, 4.69) is 10.4 Å². The summed E-state index contributed by atoms with van der Waals surface area (Å²) < 4.78 is 12.3.